The van der Waals surface area contributed by atoms with Crippen LogP contribution in [0.25, 0.3) is 5.65 Å². The summed E-state index contributed by atoms with van der Waals surface area (Å²) in [6.07, 6.45) is 0.611. The second-order valence-corrected chi connectivity index (χ2v) is 5.15. The number of fused-ring (bicyclic) bond motifs is 1. The predicted molar refractivity (Wildman–Crippen MR) is 72.5 cm³/mol. The zero-order valence-electron chi connectivity index (χ0n) is 11.8. The van der Waals surface area contributed by atoms with Crippen molar-refractivity contribution in [1.82, 2.24) is 14.6 Å². The Morgan fingerprint density at radius 1 is 1.42 bits per heavy atom. The summed E-state index contributed by atoms with van der Waals surface area (Å²) in [5.74, 6) is -0.439. The number of carboxylic acids is 1. The lowest BCUT2D eigenvalue weighted by atomic mass is 10.1. The molecule has 0 bridgehead atoms. The molecule has 0 fully saturated rings. The van der Waals surface area contributed by atoms with Crippen molar-refractivity contribution >= 4 is 11.6 Å². The molecule has 0 aliphatic rings. The summed E-state index contributed by atoms with van der Waals surface area (Å²) in [6, 6.07) is 1.99. The Kier molecular flexibility index (Phi) is 3.55. The van der Waals surface area contributed by atoms with Crippen LogP contribution < -0.4 is 0 Å². The number of aliphatic carboxylic acids is 1. The summed E-state index contributed by atoms with van der Waals surface area (Å²) < 4.78 is 1.82. The SMILES string of the molecule is Cc1nc2cc(C(C)C)nn2c(C)c1CCC(=O)O. The van der Waals surface area contributed by atoms with E-state index in [2.05, 4.69) is 23.9 Å². The summed E-state index contributed by atoms with van der Waals surface area (Å²) in [7, 11) is 0. The van der Waals surface area contributed by atoms with Crippen molar-refractivity contribution in [1.29, 1.82) is 0 Å². The maximum absolute atomic E-state index is 10.7. The van der Waals surface area contributed by atoms with Crippen molar-refractivity contribution in [3.05, 3.63) is 28.7 Å². The van der Waals surface area contributed by atoms with Gasteiger partial charge in [0.2, 0.25) is 0 Å². The van der Waals surface area contributed by atoms with E-state index in [0.717, 1.165) is 28.3 Å². The fraction of sp³-hybridized carbons (Fsp3) is 0.500. The number of aromatic nitrogens is 3. The Bertz CT molecular complexity index is 629. The van der Waals surface area contributed by atoms with Crippen LogP contribution in [0.5, 0.6) is 0 Å². The molecule has 0 unspecified atom stereocenters. The number of aryl methyl sites for hydroxylation is 2. The van der Waals surface area contributed by atoms with Gasteiger partial charge in [-0.15, -0.1) is 0 Å². The molecule has 0 saturated heterocycles. The van der Waals surface area contributed by atoms with E-state index in [1.54, 1.807) is 0 Å². The van der Waals surface area contributed by atoms with Crippen molar-refractivity contribution in [3.8, 4) is 0 Å². The average molecular weight is 261 g/mol. The van der Waals surface area contributed by atoms with Gasteiger partial charge in [0.15, 0.2) is 5.65 Å². The number of rotatable bonds is 4. The molecule has 5 heteroatoms. The molecule has 5 nitrogen and oxygen atoms in total. The van der Waals surface area contributed by atoms with Crippen LogP contribution in [0.1, 0.15) is 48.8 Å². The lowest BCUT2D eigenvalue weighted by Crippen LogP contribution is -2.08. The van der Waals surface area contributed by atoms with Crippen molar-refractivity contribution in [3.63, 3.8) is 0 Å². The van der Waals surface area contributed by atoms with Gasteiger partial charge in [-0.2, -0.15) is 5.10 Å². The zero-order valence-corrected chi connectivity index (χ0v) is 11.8. The second kappa shape index (κ2) is 4.99. The van der Waals surface area contributed by atoms with Crippen LogP contribution in [-0.4, -0.2) is 25.7 Å². The number of nitrogens with zero attached hydrogens (tertiary/aromatic N) is 3. The maximum atomic E-state index is 10.7. The second-order valence-electron chi connectivity index (χ2n) is 5.15. The largest absolute Gasteiger partial charge is 0.481 e. The molecule has 2 heterocycles. The van der Waals surface area contributed by atoms with Gasteiger partial charge in [-0.05, 0) is 31.7 Å². The summed E-state index contributed by atoms with van der Waals surface area (Å²) in [6.45, 7) is 8.08. The molecule has 0 spiro atoms. The Morgan fingerprint density at radius 2 is 2.11 bits per heavy atom. The Morgan fingerprint density at radius 3 is 2.68 bits per heavy atom. The minimum Gasteiger partial charge on any atom is -0.481 e. The standard InChI is InChI=1S/C14H19N3O2/c1-8(2)12-7-13-15-9(3)11(5-6-14(18)19)10(4)17(13)16-12/h7-8H,5-6H2,1-4H3,(H,18,19). The van der Waals surface area contributed by atoms with E-state index in [1.165, 1.54) is 0 Å². The van der Waals surface area contributed by atoms with Crippen LogP contribution in [0.2, 0.25) is 0 Å². The molecule has 2 aromatic rings. The van der Waals surface area contributed by atoms with Crippen LogP contribution in [0.15, 0.2) is 6.07 Å². The van der Waals surface area contributed by atoms with Crippen molar-refractivity contribution in [2.75, 3.05) is 0 Å². The van der Waals surface area contributed by atoms with Gasteiger partial charge in [0, 0.05) is 23.9 Å². The van der Waals surface area contributed by atoms with Crippen molar-refractivity contribution in [2.24, 2.45) is 0 Å². The number of carboxylic acid groups (broad SMARTS) is 1. The molecular formula is C14H19N3O2. The van der Waals surface area contributed by atoms with Crippen molar-refractivity contribution < 1.29 is 9.90 Å². The first-order chi connectivity index (χ1) is 8.90. The molecule has 1 N–H and O–H groups in total. The normalized spacial score (nSPS) is 11.4. The molecule has 0 aromatic carbocycles. The summed E-state index contributed by atoms with van der Waals surface area (Å²) in [5.41, 5.74) is 4.69. The molecule has 0 saturated carbocycles. The van der Waals surface area contributed by atoms with E-state index in [4.69, 9.17) is 5.11 Å². The van der Waals surface area contributed by atoms with Crippen LogP contribution in [-0.2, 0) is 11.2 Å². The predicted octanol–water partition coefficient (Wildman–Crippen LogP) is 2.49. The molecule has 0 radical (unpaired) electrons. The van der Waals surface area contributed by atoms with Crippen LogP contribution >= 0.6 is 0 Å². The van der Waals surface area contributed by atoms with Crippen LogP contribution in [0.3, 0.4) is 0 Å². The Labute approximate surface area is 112 Å². The van der Waals surface area contributed by atoms with Gasteiger partial charge >= 0.3 is 5.97 Å². The molecule has 0 amide bonds. The third-order valence-electron chi connectivity index (χ3n) is 3.36. The van der Waals surface area contributed by atoms with Gasteiger partial charge in [-0.25, -0.2) is 9.50 Å². The van der Waals surface area contributed by atoms with Crippen molar-refractivity contribution in [2.45, 2.75) is 46.5 Å². The fourth-order valence-electron chi connectivity index (χ4n) is 2.22. The Hall–Kier alpha value is -1.91. The van der Waals surface area contributed by atoms with Gasteiger partial charge in [0.25, 0.3) is 0 Å². The highest BCUT2D eigenvalue weighted by Gasteiger charge is 2.14. The van der Waals surface area contributed by atoms with Crippen LogP contribution in [0.4, 0.5) is 0 Å². The molecule has 102 valence electrons. The lowest BCUT2D eigenvalue weighted by molar-refractivity contribution is -0.136. The molecule has 0 aliphatic carbocycles. The highest BCUT2D eigenvalue weighted by molar-refractivity contribution is 5.67. The van der Waals surface area contributed by atoms with E-state index in [0.29, 0.717) is 12.3 Å². The van der Waals surface area contributed by atoms with E-state index in [1.807, 2.05) is 24.4 Å². The van der Waals surface area contributed by atoms with Gasteiger partial charge < -0.3 is 5.11 Å². The summed E-state index contributed by atoms with van der Waals surface area (Å²) >= 11 is 0. The zero-order chi connectivity index (χ0) is 14.2. The molecule has 0 aliphatic heterocycles. The third-order valence-corrected chi connectivity index (χ3v) is 3.36. The summed E-state index contributed by atoms with van der Waals surface area (Å²) in [5, 5.41) is 13.4. The first-order valence-corrected chi connectivity index (χ1v) is 6.47. The van der Waals surface area contributed by atoms with E-state index in [-0.39, 0.29) is 6.42 Å². The molecular weight excluding hydrogens is 242 g/mol. The van der Waals surface area contributed by atoms with Gasteiger partial charge in [0.05, 0.1) is 5.69 Å². The average Bonchev–Trinajstić information content (AvgIpc) is 2.72. The lowest BCUT2D eigenvalue weighted by Gasteiger charge is -2.09. The molecule has 2 aromatic heterocycles. The van der Waals surface area contributed by atoms with Gasteiger partial charge in [-0.3, -0.25) is 4.79 Å². The monoisotopic (exact) mass is 261 g/mol. The van der Waals surface area contributed by atoms with Gasteiger partial charge in [0.1, 0.15) is 0 Å². The Balaban J connectivity index is 2.50. The molecule has 0 atom stereocenters. The first-order valence-electron chi connectivity index (χ1n) is 6.47. The highest BCUT2D eigenvalue weighted by Crippen LogP contribution is 2.20. The minimum atomic E-state index is -0.790. The molecule has 19 heavy (non-hydrogen) atoms. The van der Waals surface area contributed by atoms with E-state index in [9.17, 15) is 4.79 Å². The third kappa shape index (κ3) is 2.59. The van der Waals surface area contributed by atoms with Gasteiger partial charge in [-0.1, -0.05) is 13.8 Å². The highest BCUT2D eigenvalue weighted by atomic mass is 16.4. The van der Waals surface area contributed by atoms with E-state index < -0.39 is 5.97 Å². The fourth-order valence-corrected chi connectivity index (χ4v) is 2.22. The minimum absolute atomic E-state index is 0.118. The maximum Gasteiger partial charge on any atom is 0.303 e. The number of hydrogen-bond donors (Lipinski definition) is 1. The first kappa shape index (κ1) is 13.5. The topological polar surface area (TPSA) is 67.5 Å². The van der Waals surface area contributed by atoms with Crippen LogP contribution in [0, 0.1) is 13.8 Å². The number of hydrogen-bond acceptors (Lipinski definition) is 3. The quantitative estimate of drug-likeness (QED) is 0.918. The molecule has 2 rings (SSSR count). The summed E-state index contributed by atoms with van der Waals surface area (Å²) in [4.78, 5) is 15.2. The van der Waals surface area contributed by atoms with E-state index >= 15 is 0 Å². The smallest absolute Gasteiger partial charge is 0.303 e. The number of carbonyl (C=O) groups is 1.